The molecule has 1 heterocycles. The van der Waals surface area contributed by atoms with Crippen LogP contribution in [-0.4, -0.2) is 31.0 Å². The van der Waals surface area contributed by atoms with E-state index in [9.17, 15) is 9.90 Å². The van der Waals surface area contributed by atoms with Crippen molar-refractivity contribution in [3.05, 3.63) is 23.8 Å². The van der Waals surface area contributed by atoms with Crippen LogP contribution < -0.4 is 9.64 Å². The number of aliphatic hydroxyl groups is 1. The maximum atomic E-state index is 11.4. The molecule has 0 saturated carbocycles. The fourth-order valence-corrected chi connectivity index (χ4v) is 1.78. The number of hydrogen-bond donors (Lipinski definition) is 1. The molecular weight excluding hydrogens is 222 g/mol. The van der Waals surface area contributed by atoms with E-state index in [4.69, 9.17) is 9.47 Å². The average molecular weight is 237 g/mol. The zero-order valence-electron chi connectivity index (χ0n) is 9.68. The molecular formula is C12H15NO4. The van der Waals surface area contributed by atoms with Crippen LogP contribution in [0.2, 0.25) is 0 Å². The molecule has 0 aromatic heterocycles. The van der Waals surface area contributed by atoms with E-state index in [2.05, 4.69) is 0 Å². The fraction of sp³-hybridized carbons (Fsp3) is 0.417. The van der Waals surface area contributed by atoms with Gasteiger partial charge in [-0.15, -0.1) is 0 Å². The molecule has 0 spiro atoms. The van der Waals surface area contributed by atoms with Crippen LogP contribution in [0.5, 0.6) is 5.75 Å². The second-order valence-corrected chi connectivity index (χ2v) is 3.65. The SMILES string of the molecule is CCOc1ccc(N2CCOC2=O)cc1CO. The van der Waals surface area contributed by atoms with Crippen molar-refractivity contribution < 1.29 is 19.4 Å². The Morgan fingerprint density at radius 2 is 2.35 bits per heavy atom. The van der Waals surface area contributed by atoms with Gasteiger partial charge in [-0.05, 0) is 25.1 Å². The number of anilines is 1. The van der Waals surface area contributed by atoms with Crippen molar-refractivity contribution in [3.8, 4) is 5.75 Å². The molecule has 17 heavy (non-hydrogen) atoms. The highest BCUT2D eigenvalue weighted by Crippen LogP contribution is 2.27. The van der Waals surface area contributed by atoms with Gasteiger partial charge >= 0.3 is 6.09 Å². The predicted octanol–water partition coefficient (Wildman–Crippen LogP) is 1.53. The minimum Gasteiger partial charge on any atom is -0.494 e. The van der Waals surface area contributed by atoms with Crippen molar-refractivity contribution in [2.24, 2.45) is 0 Å². The van der Waals surface area contributed by atoms with Crippen LogP contribution in [0.25, 0.3) is 0 Å². The van der Waals surface area contributed by atoms with Crippen molar-refractivity contribution in [2.75, 3.05) is 24.7 Å². The molecule has 0 bridgehead atoms. The number of benzene rings is 1. The molecule has 5 nitrogen and oxygen atoms in total. The van der Waals surface area contributed by atoms with Crippen molar-refractivity contribution in [1.82, 2.24) is 0 Å². The third-order valence-corrected chi connectivity index (χ3v) is 2.59. The van der Waals surface area contributed by atoms with E-state index in [1.54, 1.807) is 18.2 Å². The molecule has 1 aromatic rings. The van der Waals surface area contributed by atoms with Crippen LogP contribution in [0.3, 0.4) is 0 Å². The Morgan fingerprint density at radius 3 is 2.94 bits per heavy atom. The van der Waals surface area contributed by atoms with E-state index < -0.39 is 0 Å². The number of carbonyl (C=O) groups excluding carboxylic acids is 1. The Hall–Kier alpha value is -1.75. The molecule has 92 valence electrons. The van der Waals surface area contributed by atoms with E-state index in [0.717, 1.165) is 5.69 Å². The first-order valence-corrected chi connectivity index (χ1v) is 5.57. The molecule has 0 aliphatic carbocycles. The maximum absolute atomic E-state index is 11.4. The molecule has 1 aliphatic rings. The highest BCUT2D eigenvalue weighted by atomic mass is 16.6. The van der Waals surface area contributed by atoms with Crippen molar-refractivity contribution in [1.29, 1.82) is 0 Å². The maximum Gasteiger partial charge on any atom is 0.414 e. The molecule has 1 amide bonds. The molecule has 1 aromatic carbocycles. The van der Waals surface area contributed by atoms with E-state index in [1.807, 2.05) is 6.92 Å². The summed E-state index contributed by atoms with van der Waals surface area (Å²) in [5.74, 6) is 0.645. The minimum atomic E-state index is -0.349. The predicted molar refractivity (Wildman–Crippen MR) is 62.2 cm³/mol. The van der Waals surface area contributed by atoms with Gasteiger partial charge in [0, 0.05) is 11.3 Å². The Balaban J connectivity index is 2.27. The molecule has 1 saturated heterocycles. The van der Waals surface area contributed by atoms with Gasteiger partial charge in [-0.1, -0.05) is 0 Å². The van der Waals surface area contributed by atoms with Crippen molar-refractivity contribution in [3.63, 3.8) is 0 Å². The Bertz CT molecular complexity index is 419. The lowest BCUT2D eigenvalue weighted by Gasteiger charge is -2.15. The summed E-state index contributed by atoms with van der Waals surface area (Å²) in [5, 5.41) is 9.26. The summed E-state index contributed by atoms with van der Waals surface area (Å²) in [6, 6.07) is 5.30. The largest absolute Gasteiger partial charge is 0.494 e. The van der Waals surface area contributed by atoms with E-state index in [-0.39, 0.29) is 12.7 Å². The molecule has 1 N–H and O–H groups in total. The van der Waals surface area contributed by atoms with Crippen LogP contribution >= 0.6 is 0 Å². The highest BCUT2D eigenvalue weighted by molar-refractivity contribution is 5.89. The molecule has 1 aliphatic heterocycles. The van der Waals surface area contributed by atoms with Gasteiger partial charge < -0.3 is 14.6 Å². The first-order valence-electron chi connectivity index (χ1n) is 5.57. The van der Waals surface area contributed by atoms with Gasteiger partial charge in [0.2, 0.25) is 0 Å². The number of hydrogen-bond acceptors (Lipinski definition) is 4. The number of amides is 1. The monoisotopic (exact) mass is 237 g/mol. The summed E-state index contributed by atoms with van der Waals surface area (Å²) in [6.45, 7) is 3.25. The summed E-state index contributed by atoms with van der Waals surface area (Å²) in [5.41, 5.74) is 1.39. The van der Waals surface area contributed by atoms with E-state index >= 15 is 0 Å². The molecule has 0 unspecified atom stereocenters. The zero-order chi connectivity index (χ0) is 12.3. The van der Waals surface area contributed by atoms with Gasteiger partial charge in [0.15, 0.2) is 0 Å². The summed E-state index contributed by atoms with van der Waals surface area (Å²) in [4.78, 5) is 12.9. The molecule has 2 rings (SSSR count). The van der Waals surface area contributed by atoms with Crippen LogP contribution in [-0.2, 0) is 11.3 Å². The van der Waals surface area contributed by atoms with Crippen LogP contribution in [0.1, 0.15) is 12.5 Å². The van der Waals surface area contributed by atoms with E-state index in [1.165, 1.54) is 4.90 Å². The second kappa shape index (κ2) is 5.05. The normalized spacial score (nSPS) is 14.9. The van der Waals surface area contributed by atoms with Gasteiger partial charge in [-0.2, -0.15) is 0 Å². The van der Waals surface area contributed by atoms with Crippen LogP contribution in [0.15, 0.2) is 18.2 Å². The first-order chi connectivity index (χ1) is 8.26. The smallest absolute Gasteiger partial charge is 0.414 e. The highest BCUT2D eigenvalue weighted by Gasteiger charge is 2.24. The quantitative estimate of drug-likeness (QED) is 0.862. The van der Waals surface area contributed by atoms with Crippen molar-refractivity contribution in [2.45, 2.75) is 13.5 Å². The standard InChI is InChI=1S/C12H15NO4/c1-2-16-11-4-3-10(7-9(11)8-14)13-5-6-17-12(13)15/h3-4,7,14H,2,5-6,8H2,1H3. The Labute approximate surface area is 99.6 Å². The lowest BCUT2D eigenvalue weighted by molar-refractivity contribution is 0.181. The lowest BCUT2D eigenvalue weighted by Crippen LogP contribution is -2.23. The number of cyclic esters (lactones) is 1. The number of aliphatic hydroxyl groups excluding tert-OH is 1. The van der Waals surface area contributed by atoms with Crippen molar-refractivity contribution >= 4 is 11.8 Å². The van der Waals surface area contributed by atoms with Gasteiger partial charge in [-0.3, -0.25) is 4.90 Å². The summed E-state index contributed by atoms with van der Waals surface area (Å²) in [6.07, 6.45) is -0.349. The third kappa shape index (κ3) is 2.34. The van der Waals surface area contributed by atoms with Gasteiger partial charge in [0.05, 0.1) is 19.8 Å². The second-order valence-electron chi connectivity index (χ2n) is 3.65. The Morgan fingerprint density at radius 1 is 1.53 bits per heavy atom. The van der Waals surface area contributed by atoms with Gasteiger partial charge in [-0.25, -0.2) is 4.79 Å². The van der Waals surface area contributed by atoms with Gasteiger partial charge in [0.25, 0.3) is 0 Å². The third-order valence-electron chi connectivity index (χ3n) is 2.59. The number of nitrogens with zero attached hydrogens (tertiary/aromatic N) is 1. The summed E-state index contributed by atoms with van der Waals surface area (Å²) < 4.78 is 10.2. The topological polar surface area (TPSA) is 59.0 Å². The van der Waals surface area contributed by atoms with E-state index in [0.29, 0.717) is 31.1 Å². The zero-order valence-corrected chi connectivity index (χ0v) is 9.68. The number of rotatable bonds is 4. The van der Waals surface area contributed by atoms with Crippen LogP contribution in [0.4, 0.5) is 10.5 Å². The number of carbonyl (C=O) groups is 1. The lowest BCUT2D eigenvalue weighted by atomic mass is 10.1. The minimum absolute atomic E-state index is 0.119. The molecule has 0 radical (unpaired) electrons. The van der Waals surface area contributed by atoms with Crippen LogP contribution in [0, 0.1) is 0 Å². The molecule has 0 atom stereocenters. The Kier molecular flexibility index (Phi) is 3.49. The number of ether oxygens (including phenoxy) is 2. The molecule has 1 fully saturated rings. The molecule has 5 heteroatoms. The summed E-state index contributed by atoms with van der Waals surface area (Å²) in [7, 11) is 0. The fourth-order valence-electron chi connectivity index (χ4n) is 1.78. The first kappa shape index (κ1) is 11.7. The van der Waals surface area contributed by atoms with Gasteiger partial charge in [0.1, 0.15) is 12.4 Å². The summed E-state index contributed by atoms with van der Waals surface area (Å²) >= 11 is 0. The average Bonchev–Trinajstić information content (AvgIpc) is 2.76.